The molecule has 0 aliphatic carbocycles. The first kappa shape index (κ1) is 18.9. The summed E-state index contributed by atoms with van der Waals surface area (Å²) in [6.07, 6.45) is 0. The Kier molecular flexibility index (Phi) is 4.11. The highest BCUT2D eigenvalue weighted by Crippen LogP contribution is 2.32. The van der Waals surface area contributed by atoms with Crippen LogP contribution in [-0.2, 0) is 0 Å². The second-order valence-electron chi connectivity index (χ2n) is 7.07. The number of carbonyl (C=O) groups excluding carboxylic acids is 4. The lowest BCUT2D eigenvalue weighted by molar-refractivity contribution is 0.0912. The maximum Gasteiger partial charge on any atom is 0.492 e. The molecule has 0 radical (unpaired) electrons. The Morgan fingerprint density at radius 1 is 0.516 bits per heavy atom. The number of amides is 4. The first-order valence-corrected chi connectivity index (χ1v) is 9.36. The van der Waals surface area contributed by atoms with Gasteiger partial charge in [-0.2, -0.15) is 0 Å². The molecule has 2 heterocycles. The third-order valence-corrected chi connectivity index (χ3v) is 5.39. The second kappa shape index (κ2) is 6.73. The minimum atomic E-state index is -2.17. The van der Waals surface area contributed by atoms with E-state index >= 15 is 0 Å². The van der Waals surface area contributed by atoms with Crippen LogP contribution in [0.3, 0.4) is 0 Å². The molecule has 0 spiro atoms. The summed E-state index contributed by atoms with van der Waals surface area (Å²) in [6, 6.07) is 16.6. The van der Waals surface area contributed by atoms with Crippen molar-refractivity contribution >= 4 is 47.6 Å². The Morgan fingerprint density at radius 2 is 0.839 bits per heavy atom. The molecule has 0 atom stereocenters. The van der Waals surface area contributed by atoms with Crippen LogP contribution in [0, 0.1) is 0 Å². The van der Waals surface area contributed by atoms with Gasteiger partial charge in [0.25, 0.3) is 23.6 Å². The van der Waals surface area contributed by atoms with Gasteiger partial charge in [0.1, 0.15) is 0 Å². The lowest BCUT2D eigenvalue weighted by atomic mass is 9.76. The Hall–Kier alpha value is -4.08. The van der Waals surface area contributed by atoms with Crippen molar-refractivity contribution in [3.8, 4) is 0 Å². The van der Waals surface area contributed by atoms with Crippen LogP contribution in [0.25, 0.3) is 0 Å². The number of nitrogens with zero attached hydrogens (tertiary/aromatic N) is 2. The summed E-state index contributed by atoms with van der Waals surface area (Å²) in [7, 11) is -2.17. The Bertz CT molecular complexity index is 1160. The molecular weight excluding hydrogens is 399 g/mol. The molecule has 9 heteroatoms. The van der Waals surface area contributed by atoms with Crippen molar-refractivity contribution < 1.29 is 29.2 Å². The van der Waals surface area contributed by atoms with Gasteiger partial charge in [0.05, 0.1) is 33.6 Å². The van der Waals surface area contributed by atoms with Gasteiger partial charge in [0, 0.05) is 5.46 Å². The first-order chi connectivity index (χ1) is 14.9. The number of rotatable bonds is 3. The van der Waals surface area contributed by atoms with E-state index in [0.717, 1.165) is 9.80 Å². The molecule has 150 valence electrons. The van der Waals surface area contributed by atoms with Crippen LogP contribution in [0.2, 0.25) is 0 Å². The van der Waals surface area contributed by atoms with Gasteiger partial charge in [-0.1, -0.05) is 30.3 Å². The molecule has 0 bridgehead atoms. The van der Waals surface area contributed by atoms with Gasteiger partial charge < -0.3 is 10.0 Å². The van der Waals surface area contributed by atoms with Crippen LogP contribution in [0.5, 0.6) is 0 Å². The summed E-state index contributed by atoms with van der Waals surface area (Å²) in [4.78, 5) is 53.3. The number of fused-ring (bicyclic) bond motifs is 2. The lowest BCUT2D eigenvalue weighted by Crippen LogP contribution is -2.44. The molecule has 3 aromatic carbocycles. The van der Waals surface area contributed by atoms with Gasteiger partial charge in [0.15, 0.2) is 0 Å². The van der Waals surface area contributed by atoms with E-state index in [4.69, 9.17) is 0 Å². The van der Waals surface area contributed by atoms with Gasteiger partial charge >= 0.3 is 7.12 Å². The molecule has 2 aliphatic heterocycles. The molecule has 0 saturated heterocycles. The normalized spacial score (nSPS) is 14.9. The number of imide groups is 2. The zero-order valence-electron chi connectivity index (χ0n) is 15.9. The van der Waals surface area contributed by atoms with Crippen LogP contribution < -0.4 is 15.3 Å². The fraction of sp³-hybridized carbons (Fsp3) is 0. The van der Waals surface area contributed by atoms with Crippen LogP contribution >= 0.6 is 0 Å². The predicted octanol–water partition coefficient (Wildman–Crippen LogP) is 0.968. The van der Waals surface area contributed by atoms with Crippen LogP contribution in [-0.4, -0.2) is 40.8 Å². The average Bonchev–Trinajstić information content (AvgIpc) is 3.18. The molecule has 5 rings (SSSR count). The van der Waals surface area contributed by atoms with Crippen molar-refractivity contribution in [2.45, 2.75) is 0 Å². The Balaban J connectivity index is 1.68. The molecule has 3 aromatic rings. The van der Waals surface area contributed by atoms with Gasteiger partial charge in [-0.15, -0.1) is 0 Å². The smallest absolute Gasteiger partial charge is 0.423 e. The SMILES string of the molecule is O=C1c2ccccc2C(=O)N1c1cccc(N2C(=O)c3ccccc3C2=O)c1B(O)O. The van der Waals surface area contributed by atoms with Crippen molar-refractivity contribution in [2.75, 3.05) is 9.80 Å². The van der Waals surface area contributed by atoms with Gasteiger partial charge in [-0.05, 0) is 36.4 Å². The van der Waals surface area contributed by atoms with E-state index in [1.807, 2.05) is 0 Å². The highest BCUT2D eigenvalue weighted by Gasteiger charge is 2.43. The highest BCUT2D eigenvalue weighted by molar-refractivity contribution is 6.64. The molecule has 31 heavy (non-hydrogen) atoms. The summed E-state index contributed by atoms with van der Waals surface area (Å²) in [5.74, 6) is -2.55. The maximum atomic E-state index is 12.9. The largest absolute Gasteiger partial charge is 0.492 e. The summed E-state index contributed by atoms with van der Waals surface area (Å²) in [5.41, 5.74) is 0.181. The minimum Gasteiger partial charge on any atom is -0.423 e. The van der Waals surface area contributed by atoms with Crippen molar-refractivity contribution in [3.05, 3.63) is 89.0 Å². The number of hydrogen-bond donors (Lipinski definition) is 2. The first-order valence-electron chi connectivity index (χ1n) is 9.36. The third kappa shape index (κ3) is 2.57. The standard InChI is InChI=1S/C22H13BN2O6/c26-19-12-6-1-2-7-13(12)20(27)24(19)16-10-5-11-17(18(16)23(30)31)25-21(28)14-8-3-4-9-15(14)22(25)29/h1-11,30-31H. The number of hydrogen-bond acceptors (Lipinski definition) is 6. The monoisotopic (exact) mass is 412 g/mol. The van der Waals surface area contributed by atoms with E-state index in [2.05, 4.69) is 0 Å². The number of benzene rings is 3. The summed E-state index contributed by atoms with van der Waals surface area (Å²) in [5, 5.41) is 20.3. The topological polar surface area (TPSA) is 115 Å². The van der Waals surface area contributed by atoms with E-state index in [1.165, 1.54) is 42.5 Å². The average molecular weight is 412 g/mol. The van der Waals surface area contributed by atoms with Crippen molar-refractivity contribution in [1.82, 2.24) is 0 Å². The van der Waals surface area contributed by atoms with E-state index in [0.29, 0.717) is 0 Å². The Morgan fingerprint density at radius 3 is 1.13 bits per heavy atom. The zero-order chi connectivity index (χ0) is 21.9. The second-order valence-corrected chi connectivity index (χ2v) is 7.07. The molecule has 2 N–H and O–H groups in total. The van der Waals surface area contributed by atoms with E-state index in [9.17, 15) is 29.2 Å². The van der Waals surface area contributed by atoms with Crippen molar-refractivity contribution in [1.29, 1.82) is 0 Å². The zero-order valence-corrected chi connectivity index (χ0v) is 15.9. The number of carbonyl (C=O) groups is 4. The number of anilines is 2. The lowest BCUT2D eigenvalue weighted by Gasteiger charge is -2.24. The molecule has 2 aliphatic rings. The Labute approximate surface area is 176 Å². The van der Waals surface area contributed by atoms with Crippen LogP contribution in [0.4, 0.5) is 11.4 Å². The molecule has 0 aromatic heterocycles. The molecule has 0 saturated carbocycles. The van der Waals surface area contributed by atoms with E-state index < -0.39 is 30.7 Å². The summed E-state index contributed by atoms with van der Waals surface area (Å²) >= 11 is 0. The quantitative estimate of drug-likeness (QED) is 0.490. The van der Waals surface area contributed by atoms with Crippen molar-refractivity contribution in [3.63, 3.8) is 0 Å². The third-order valence-electron chi connectivity index (χ3n) is 5.39. The van der Waals surface area contributed by atoms with Gasteiger partial charge in [-0.3, -0.25) is 19.2 Å². The predicted molar refractivity (Wildman–Crippen MR) is 111 cm³/mol. The minimum absolute atomic E-state index is 0.116. The van der Waals surface area contributed by atoms with Crippen LogP contribution in [0.1, 0.15) is 41.4 Å². The van der Waals surface area contributed by atoms with Gasteiger partial charge in [0.2, 0.25) is 0 Å². The molecule has 0 fully saturated rings. The fourth-order valence-corrected chi connectivity index (χ4v) is 4.01. The van der Waals surface area contributed by atoms with E-state index in [1.54, 1.807) is 24.3 Å². The van der Waals surface area contributed by atoms with Crippen molar-refractivity contribution in [2.24, 2.45) is 0 Å². The van der Waals surface area contributed by atoms with Gasteiger partial charge in [-0.25, -0.2) is 9.80 Å². The summed E-state index contributed by atoms with van der Waals surface area (Å²) < 4.78 is 0. The fourth-order valence-electron chi connectivity index (χ4n) is 4.01. The van der Waals surface area contributed by atoms with E-state index in [-0.39, 0.29) is 39.1 Å². The summed E-state index contributed by atoms with van der Waals surface area (Å²) in [6.45, 7) is 0. The van der Waals surface area contributed by atoms with Crippen LogP contribution in [0.15, 0.2) is 66.7 Å². The highest BCUT2D eigenvalue weighted by atomic mass is 16.4. The maximum absolute atomic E-state index is 12.9. The molecule has 0 unspecified atom stereocenters. The molecule has 4 amide bonds. The molecular formula is C22H13BN2O6. The molecule has 8 nitrogen and oxygen atoms in total.